The number of ether oxygens (including phenoxy) is 3. The van der Waals surface area contributed by atoms with Crippen LogP contribution >= 0.6 is 0 Å². The first-order chi connectivity index (χ1) is 40.5. The second-order valence-electron chi connectivity index (χ2n) is 22.7. The minimum atomic E-state index is -0.839. The molecule has 82 heavy (non-hydrogen) atoms. The number of unbranched alkanes of at least 4 members (excludes halogenated alkanes) is 31. The van der Waals surface area contributed by atoms with Crippen LogP contribution < -0.4 is 0 Å². The summed E-state index contributed by atoms with van der Waals surface area (Å²) in [4.78, 5) is 38.3. The molecular weight excluding hydrogens is 1010 g/mol. The second kappa shape index (κ2) is 69.3. The van der Waals surface area contributed by atoms with Crippen LogP contribution in [0.5, 0.6) is 0 Å². The summed E-state index contributed by atoms with van der Waals surface area (Å²) in [5.41, 5.74) is 0. The summed E-state index contributed by atoms with van der Waals surface area (Å²) in [5, 5.41) is 0. The van der Waals surface area contributed by atoms with Gasteiger partial charge in [0.15, 0.2) is 6.10 Å². The zero-order valence-electron chi connectivity index (χ0n) is 53.7. The molecule has 0 radical (unpaired) electrons. The summed E-state index contributed by atoms with van der Waals surface area (Å²) in [7, 11) is 0. The number of hydrogen-bond acceptors (Lipinski definition) is 6. The minimum absolute atomic E-state index is 0.122. The molecule has 0 bridgehead atoms. The zero-order valence-corrected chi connectivity index (χ0v) is 53.7. The number of esters is 3. The highest BCUT2D eigenvalue weighted by Crippen LogP contribution is 2.18. The van der Waals surface area contributed by atoms with Crippen LogP contribution in [0.4, 0.5) is 0 Å². The van der Waals surface area contributed by atoms with E-state index in [0.717, 1.165) is 96.3 Å². The molecule has 0 fully saturated rings. The van der Waals surface area contributed by atoms with Gasteiger partial charge in [-0.3, -0.25) is 14.4 Å². The largest absolute Gasteiger partial charge is 0.462 e. The highest BCUT2D eigenvalue weighted by Gasteiger charge is 2.19. The van der Waals surface area contributed by atoms with Crippen LogP contribution in [-0.4, -0.2) is 37.2 Å². The predicted octanol–water partition coefficient (Wildman–Crippen LogP) is 23.9. The smallest absolute Gasteiger partial charge is 0.306 e. The van der Waals surface area contributed by atoms with Crippen molar-refractivity contribution in [3.8, 4) is 0 Å². The van der Waals surface area contributed by atoms with Crippen LogP contribution in [0.2, 0.25) is 0 Å². The summed E-state index contributed by atoms with van der Waals surface area (Å²) >= 11 is 0. The van der Waals surface area contributed by atoms with Crippen molar-refractivity contribution in [2.24, 2.45) is 0 Å². The fourth-order valence-corrected chi connectivity index (χ4v) is 9.64. The first kappa shape index (κ1) is 77.8. The molecule has 0 saturated carbocycles. The van der Waals surface area contributed by atoms with Crippen LogP contribution in [0.1, 0.15) is 323 Å². The molecule has 0 aromatic heterocycles. The molecule has 0 amide bonds. The highest BCUT2D eigenvalue weighted by atomic mass is 16.6. The molecule has 1 unspecified atom stereocenters. The van der Waals surface area contributed by atoms with Crippen LogP contribution in [0.25, 0.3) is 0 Å². The Hall–Kier alpha value is -4.19. The van der Waals surface area contributed by atoms with E-state index in [4.69, 9.17) is 14.2 Å². The molecule has 0 aliphatic carbocycles. The van der Waals surface area contributed by atoms with E-state index in [-0.39, 0.29) is 38.0 Å². The zero-order chi connectivity index (χ0) is 59.2. The van der Waals surface area contributed by atoms with Crippen molar-refractivity contribution < 1.29 is 28.6 Å². The number of allylic oxidation sites excluding steroid dienone is 20. The Kier molecular flexibility index (Phi) is 65.8. The summed E-state index contributed by atoms with van der Waals surface area (Å²) in [6.07, 6.45) is 96.9. The maximum atomic E-state index is 12.9. The Morgan fingerprint density at radius 2 is 0.500 bits per heavy atom. The van der Waals surface area contributed by atoms with Gasteiger partial charge in [-0.1, -0.05) is 328 Å². The number of rotatable bonds is 62. The Labute approximate surface area is 507 Å². The summed E-state index contributed by atoms with van der Waals surface area (Å²) in [6, 6.07) is 0. The Bertz CT molecular complexity index is 1690. The number of carbonyl (C=O) groups excluding carboxylic acids is 3. The third-order valence-corrected chi connectivity index (χ3v) is 14.7. The molecular formula is C76H128O6. The number of carbonyl (C=O) groups is 3. The van der Waals surface area contributed by atoms with Gasteiger partial charge in [0, 0.05) is 19.3 Å². The van der Waals surface area contributed by atoms with Crippen LogP contribution in [0.15, 0.2) is 122 Å². The molecule has 1 atom stereocenters. The molecule has 0 aromatic carbocycles. The average molecular weight is 1140 g/mol. The van der Waals surface area contributed by atoms with E-state index in [1.807, 2.05) is 6.08 Å². The third-order valence-electron chi connectivity index (χ3n) is 14.7. The van der Waals surface area contributed by atoms with Crippen LogP contribution in [-0.2, 0) is 28.6 Å². The van der Waals surface area contributed by atoms with Gasteiger partial charge in [0.2, 0.25) is 0 Å². The van der Waals surface area contributed by atoms with E-state index in [1.54, 1.807) is 0 Å². The van der Waals surface area contributed by atoms with Gasteiger partial charge in [0.25, 0.3) is 0 Å². The van der Waals surface area contributed by atoms with Gasteiger partial charge in [0.1, 0.15) is 13.2 Å². The van der Waals surface area contributed by atoms with Crippen molar-refractivity contribution >= 4 is 17.9 Å². The standard InChI is InChI=1S/C76H128O6/c1-4-7-10-13-16-19-22-25-28-30-32-33-34-35-36-37-38-39-40-41-42-44-45-48-51-54-57-60-63-66-69-75(78)81-72-73(71-80-74(77)68-65-62-59-56-53-50-47-27-24-21-18-15-12-9-6-3)82-76(79)70-67-64-61-58-55-52-49-46-43-31-29-26-23-20-17-14-11-8-5-2/h8-9,11-12,17-18,20-21,26-27,29,43,46-47,52-53,55-56,61,64,73H,4-7,10,13-16,19,22-25,28,30-42,44-45,48-51,54,57-60,62-63,65-72H2,1-3H3/b11-8-,12-9-,20-17-,21-18-,29-26-,46-43-,47-27-,55-52-,56-53-,64-61-. The maximum Gasteiger partial charge on any atom is 0.306 e. The lowest BCUT2D eigenvalue weighted by Gasteiger charge is -2.18. The van der Waals surface area contributed by atoms with Crippen molar-refractivity contribution in [1.82, 2.24) is 0 Å². The summed E-state index contributed by atoms with van der Waals surface area (Å²) in [6.45, 7) is 6.34. The maximum absolute atomic E-state index is 12.9. The SMILES string of the molecule is CC/C=C\C/C=C\C/C=C\C/C=C\C/C=C\C/C=C\CCC(=O)OC(COC(=O)CCCC/C=C\C/C=C\C/C=C\C/C=C\CC)COC(=O)CCCCCCCCCCCCCCCCCCCCCCCCCCCCCCCC. The summed E-state index contributed by atoms with van der Waals surface area (Å²) < 4.78 is 16.8. The molecule has 0 N–H and O–H groups in total. The predicted molar refractivity (Wildman–Crippen MR) is 357 cm³/mol. The van der Waals surface area contributed by atoms with Gasteiger partial charge in [-0.15, -0.1) is 0 Å². The molecule has 0 aromatic rings. The molecule has 0 aliphatic heterocycles. The van der Waals surface area contributed by atoms with Crippen molar-refractivity contribution in [2.45, 2.75) is 329 Å². The molecule has 0 heterocycles. The molecule has 0 aliphatic rings. The topological polar surface area (TPSA) is 78.9 Å². The first-order valence-corrected chi connectivity index (χ1v) is 34.5. The van der Waals surface area contributed by atoms with E-state index in [0.29, 0.717) is 19.3 Å². The number of hydrogen-bond donors (Lipinski definition) is 0. The fraction of sp³-hybridized carbons (Fsp3) is 0.697. The van der Waals surface area contributed by atoms with Gasteiger partial charge in [-0.25, -0.2) is 0 Å². The van der Waals surface area contributed by atoms with Crippen molar-refractivity contribution in [2.75, 3.05) is 13.2 Å². The van der Waals surface area contributed by atoms with Crippen LogP contribution in [0.3, 0.4) is 0 Å². The van der Waals surface area contributed by atoms with Gasteiger partial charge >= 0.3 is 17.9 Å². The van der Waals surface area contributed by atoms with E-state index < -0.39 is 12.1 Å². The molecule has 0 spiro atoms. The quantitative estimate of drug-likeness (QED) is 0.0261. The highest BCUT2D eigenvalue weighted by molar-refractivity contribution is 5.71. The lowest BCUT2D eigenvalue weighted by atomic mass is 10.0. The molecule has 6 heteroatoms. The third kappa shape index (κ3) is 66.6. The molecule has 468 valence electrons. The van der Waals surface area contributed by atoms with Crippen molar-refractivity contribution in [1.29, 1.82) is 0 Å². The molecule has 0 saturated heterocycles. The van der Waals surface area contributed by atoms with Gasteiger partial charge < -0.3 is 14.2 Å². The van der Waals surface area contributed by atoms with E-state index in [2.05, 4.69) is 136 Å². The fourth-order valence-electron chi connectivity index (χ4n) is 9.64. The molecule has 0 rings (SSSR count). The van der Waals surface area contributed by atoms with Gasteiger partial charge in [-0.2, -0.15) is 0 Å². The van der Waals surface area contributed by atoms with E-state index in [1.165, 1.54) is 173 Å². The average Bonchev–Trinajstić information content (AvgIpc) is 3.47. The van der Waals surface area contributed by atoms with Gasteiger partial charge in [-0.05, 0) is 96.3 Å². The van der Waals surface area contributed by atoms with Crippen LogP contribution in [0, 0.1) is 0 Å². The first-order valence-electron chi connectivity index (χ1n) is 34.5. The summed E-state index contributed by atoms with van der Waals surface area (Å²) in [5.74, 6) is -1.04. The monoisotopic (exact) mass is 1140 g/mol. The minimum Gasteiger partial charge on any atom is -0.462 e. The Morgan fingerprint density at radius 3 is 0.793 bits per heavy atom. The van der Waals surface area contributed by atoms with E-state index >= 15 is 0 Å². The second-order valence-corrected chi connectivity index (χ2v) is 22.7. The van der Waals surface area contributed by atoms with E-state index in [9.17, 15) is 14.4 Å². The van der Waals surface area contributed by atoms with Crippen molar-refractivity contribution in [3.63, 3.8) is 0 Å². The van der Waals surface area contributed by atoms with Crippen molar-refractivity contribution in [3.05, 3.63) is 122 Å². The normalized spacial score (nSPS) is 12.9. The lowest BCUT2D eigenvalue weighted by Crippen LogP contribution is -2.30. The Morgan fingerprint density at radius 1 is 0.256 bits per heavy atom. The Balaban J connectivity index is 4.34. The lowest BCUT2D eigenvalue weighted by molar-refractivity contribution is -0.166. The molecule has 6 nitrogen and oxygen atoms in total. The van der Waals surface area contributed by atoms with Gasteiger partial charge in [0.05, 0.1) is 0 Å².